The van der Waals surface area contributed by atoms with Gasteiger partial charge in [0, 0.05) is 11.2 Å². The Kier molecular flexibility index (Phi) is 9.47. The van der Waals surface area contributed by atoms with Crippen molar-refractivity contribution in [1.82, 2.24) is 0 Å². The summed E-state index contributed by atoms with van der Waals surface area (Å²) in [4.78, 5) is 30.5. The lowest BCUT2D eigenvalue weighted by atomic mass is 10.5. The monoisotopic (exact) mass is 221 g/mol. The fraction of sp³-hybridized carbons (Fsp3) is 1.00. The second-order valence-corrected chi connectivity index (χ2v) is 4.00. The summed E-state index contributed by atoms with van der Waals surface area (Å²) in [6.07, 6.45) is -0.0478. The predicted octanol–water partition coefficient (Wildman–Crippen LogP) is -0.825. The van der Waals surface area contributed by atoms with Crippen LogP contribution < -0.4 is 0 Å². The second-order valence-electron chi connectivity index (χ2n) is 1.72. The van der Waals surface area contributed by atoms with Crippen LogP contribution in [-0.4, -0.2) is 37.4 Å². The van der Waals surface area contributed by atoms with Crippen molar-refractivity contribution < 1.29 is 33.8 Å². The van der Waals surface area contributed by atoms with Crippen molar-refractivity contribution >= 4 is 15.9 Å². The minimum Gasteiger partial charge on any atom is -0.396 e. The predicted molar refractivity (Wildman–Crippen MR) is 40.7 cm³/mol. The Morgan fingerprint density at radius 1 is 1.25 bits per heavy atom. The van der Waals surface area contributed by atoms with Gasteiger partial charge in [0.25, 0.3) is 0 Å². The van der Waals surface area contributed by atoms with Gasteiger partial charge in [0.2, 0.25) is 0 Å². The summed E-state index contributed by atoms with van der Waals surface area (Å²) in [5, 5.41) is 8.09. The van der Waals surface area contributed by atoms with E-state index in [1.807, 2.05) is 0 Å². The third kappa shape index (κ3) is 32.1. The second kappa shape index (κ2) is 7.76. The minimum atomic E-state index is -3.84. The Morgan fingerprint density at radius 2 is 1.58 bits per heavy atom. The summed E-state index contributed by atoms with van der Waals surface area (Å²) in [5.41, 5.74) is 0. The van der Waals surface area contributed by atoms with Crippen molar-refractivity contribution in [2.24, 2.45) is 0 Å². The molecule has 7 nitrogen and oxygen atoms in total. The van der Waals surface area contributed by atoms with E-state index >= 15 is 0 Å². The maximum absolute atomic E-state index is 9.97. The number of aliphatic hydroxyl groups is 1. The molecule has 12 heavy (non-hydrogen) atoms. The highest BCUT2D eigenvalue weighted by Gasteiger charge is 2.10. The van der Waals surface area contributed by atoms with E-state index in [-0.39, 0.29) is 19.2 Å². The molecule has 0 aromatic heterocycles. The van der Waals surface area contributed by atoms with Gasteiger partial charge in [-0.2, -0.15) is 0 Å². The van der Waals surface area contributed by atoms with Crippen LogP contribution in [0.25, 0.3) is 0 Å². The van der Waals surface area contributed by atoms with Gasteiger partial charge in [-0.1, -0.05) is 0 Å². The van der Waals surface area contributed by atoms with Crippen LogP contribution in [-0.2, 0) is 9.13 Å². The Labute approximate surface area is 69.8 Å². The molecule has 0 amide bonds. The first-order chi connectivity index (χ1) is 5.29. The molecule has 0 bridgehead atoms. The molecule has 0 spiro atoms. The molecule has 0 atom stereocenters. The summed E-state index contributed by atoms with van der Waals surface area (Å²) in [6, 6.07) is 0. The molecular weight excluding hydrogens is 210 g/mol. The first kappa shape index (κ1) is 14.6. The molecular formula is C3H11O7P2+. The van der Waals surface area contributed by atoms with Crippen molar-refractivity contribution in [3.05, 3.63) is 0 Å². The lowest BCUT2D eigenvalue weighted by Gasteiger charge is -1.98. The summed E-state index contributed by atoms with van der Waals surface area (Å²) < 4.78 is 18.7. The number of rotatable bonds is 3. The molecule has 0 aliphatic carbocycles. The van der Waals surface area contributed by atoms with Gasteiger partial charge in [-0.25, -0.2) is 0 Å². The van der Waals surface area contributed by atoms with E-state index in [1.54, 1.807) is 0 Å². The van der Waals surface area contributed by atoms with Gasteiger partial charge in [-0.3, -0.25) is 4.57 Å². The molecule has 0 aromatic rings. The molecule has 0 aliphatic heterocycles. The van der Waals surface area contributed by atoms with E-state index in [2.05, 4.69) is 0 Å². The highest BCUT2D eigenvalue weighted by molar-refractivity contribution is 7.51. The molecule has 0 saturated carbocycles. The molecule has 0 aliphatic rings. The van der Waals surface area contributed by atoms with Crippen molar-refractivity contribution in [1.29, 1.82) is 0 Å². The molecule has 5 N–H and O–H groups in total. The van der Waals surface area contributed by atoms with Crippen LogP contribution in [0.2, 0.25) is 0 Å². The summed E-state index contributed by atoms with van der Waals surface area (Å²) in [7, 11) is -6.71. The Balaban J connectivity index is 0. The van der Waals surface area contributed by atoms with E-state index < -0.39 is 15.9 Å². The fourth-order valence-electron chi connectivity index (χ4n) is 0.277. The van der Waals surface area contributed by atoms with Gasteiger partial charge in [-0.05, 0) is 6.42 Å². The highest BCUT2D eigenvalue weighted by Crippen LogP contribution is 2.34. The number of hydrogen-bond donors (Lipinski definition) is 5. The van der Waals surface area contributed by atoms with Gasteiger partial charge in [0.1, 0.15) is 0 Å². The van der Waals surface area contributed by atoms with Crippen LogP contribution in [0.1, 0.15) is 6.42 Å². The zero-order chi connectivity index (χ0) is 10.2. The van der Waals surface area contributed by atoms with E-state index in [1.165, 1.54) is 0 Å². The van der Waals surface area contributed by atoms with Gasteiger partial charge in [0.15, 0.2) is 0 Å². The Bertz CT molecular complexity index is 158. The van der Waals surface area contributed by atoms with Crippen LogP contribution in [0.3, 0.4) is 0 Å². The van der Waals surface area contributed by atoms with E-state index in [4.69, 9.17) is 29.2 Å². The quantitative estimate of drug-likeness (QED) is 0.392. The molecule has 0 radical (unpaired) electrons. The normalized spacial score (nSPS) is 10.1. The lowest BCUT2D eigenvalue weighted by Crippen LogP contribution is -1.90. The smallest absolute Gasteiger partial charge is 0.396 e. The molecule has 0 rings (SSSR count). The molecule has 0 unspecified atom stereocenters. The van der Waals surface area contributed by atoms with Gasteiger partial charge in [-0.15, -0.1) is 9.79 Å². The number of aliphatic hydroxyl groups excluding tert-OH is 1. The highest BCUT2D eigenvalue weighted by atomic mass is 31.2. The molecule has 0 saturated heterocycles. The van der Waals surface area contributed by atoms with Crippen LogP contribution in [0, 0.1) is 0 Å². The summed E-state index contributed by atoms with van der Waals surface area (Å²) in [6.45, 7) is -0.162. The SMILES string of the molecule is O=P(O)(O)CCCO.O=[P+](O)O. The largest absolute Gasteiger partial charge is 0.692 e. The first-order valence-electron chi connectivity index (χ1n) is 2.80. The van der Waals surface area contributed by atoms with E-state index in [0.29, 0.717) is 0 Å². The van der Waals surface area contributed by atoms with Gasteiger partial charge in [0.05, 0.1) is 6.16 Å². The molecule has 0 fully saturated rings. The third-order valence-corrected chi connectivity index (χ3v) is 1.51. The van der Waals surface area contributed by atoms with Crippen LogP contribution in [0.4, 0.5) is 0 Å². The topological polar surface area (TPSA) is 135 Å². The maximum Gasteiger partial charge on any atom is 0.692 e. The zero-order valence-electron chi connectivity index (χ0n) is 6.07. The Morgan fingerprint density at radius 3 is 1.67 bits per heavy atom. The van der Waals surface area contributed by atoms with E-state index in [0.717, 1.165) is 0 Å². The first-order valence-corrected chi connectivity index (χ1v) is 5.76. The third-order valence-electron chi connectivity index (χ3n) is 0.608. The van der Waals surface area contributed by atoms with Crippen LogP contribution in [0.15, 0.2) is 0 Å². The molecule has 0 aromatic carbocycles. The van der Waals surface area contributed by atoms with Crippen LogP contribution in [0.5, 0.6) is 0 Å². The fourth-order valence-corrected chi connectivity index (χ4v) is 0.830. The van der Waals surface area contributed by atoms with Crippen molar-refractivity contribution in [2.75, 3.05) is 12.8 Å². The minimum absolute atomic E-state index is 0.162. The summed E-state index contributed by atoms with van der Waals surface area (Å²) in [5.74, 6) is 0. The number of hydrogen-bond acceptors (Lipinski definition) is 3. The van der Waals surface area contributed by atoms with Crippen LogP contribution >= 0.6 is 15.9 Å². The van der Waals surface area contributed by atoms with Crippen molar-refractivity contribution in [3.63, 3.8) is 0 Å². The standard InChI is InChI=1S/C3H9O4P.HO3P/c4-2-1-3-8(5,6)7;1-4(2)3/h4H,1-3H2,(H2,5,6,7);(H-,1,2,3)/p+1. The van der Waals surface area contributed by atoms with Gasteiger partial charge < -0.3 is 14.9 Å². The summed E-state index contributed by atoms with van der Waals surface area (Å²) >= 11 is 0. The molecule has 74 valence electrons. The van der Waals surface area contributed by atoms with Gasteiger partial charge >= 0.3 is 15.9 Å². The maximum atomic E-state index is 9.97. The Hall–Kier alpha value is 0.130. The van der Waals surface area contributed by atoms with E-state index in [9.17, 15) is 4.57 Å². The molecule has 9 heteroatoms. The van der Waals surface area contributed by atoms with Crippen molar-refractivity contribution in [2.45, 2.75) is 6.42 Å². The average molecular weight is 221 g/mol. The molecule has 0 heterocycles. The van der Waals surface area contributed by atoms with Crippen molar-refractivity contribution in [3.8, 4) is 0 Å². The zero-order valence-corrected chi connectivity index (χ0v) is 7.86. The average Bonchev–Trinajstić information content (AvgIpc) is 1.80. The lowest BCUT2D eigenvalue weighted by molar-refractivity contribution is 0.289.